The summed E-state index contributed by atoms with van der Waals surface area (Å²) in [5.41, 5.74) is 15.7. The Labute approximate surface area is 190 Å². The smallest absolute Gasteiger partial charge is 0.267 e. The number of para-hydroxylation sites is 1. The number of amides is 2. The molecule has 2 aromatic carbocycles. The van der Waals surface area contributed by atoms with Gasteiger partial charge >= 0.3 is 0 Å². The molecule has 8 heteroatoms. The topological polar surface area (TPSA) is 134 Å². The van der Waals surface area contributed by atoms with E-state index >= 15 is 0 Å². The molecule has 2 aromatic heterocycles. The molecule has 0 unspecified atom stereocenters. The van der Waals surface area contributed by atoms with Crippen LogP contribution in [-0.4, -0.2) is 32.4 Å². The van der Waals surface area contributed by atoms with Crippen molar-refractivity contribution in [3.05, 3.63) is 82.3 Å². The monoisotopic (exact) mass is 441 g/mol. The predicted molar refractivity (Wildman–Crippen MR) is 125 cm³/mol. The van der Waals surface area contributed by atoms with Gasteiger partial charge < -0.3 is 11.5 Å². The van der Waals surface area contributed by atoms with Crippen LogP contribution in [0.4, 0.5) is 0 Å². The maximum Gasteiger partial charge on any atom is 0.267 e. The lowest BCUT2D eigenvalue weighted by atomic mass is 9.92. The van der Waals surface area contributed by atoms with Crippen LogP contribution >= 0.6 is 0 Å². The number of nitrogens with two attached hydrogens (primary N) is 2. The zero-order chi connectivity index (χ0) is 23.9. The van der Waals surface area contributed by atoms with Gasteiger partial charge in [-0.15, -0.1) is 0 Å². The highest BCUT2D eigenvalue weighted by Gasteiger charge is 2.27. The molecule has 0 aliphatic carbocycles. The van der Waals surface area contributed by atoms with Gasteiger partial charge in [-0.1, -0.05) is 36.4 Å². The quantitative estimate of drug-likeness (QED) is 0.443. The number of hydrogen-bond donors (Lipinski definition) is 2. The highest BCUT2D eigenvalue weighted by Crippen LogP contribution is 2.36. The maximum absolute atomic E-state index is 12.6. The Balaban J connectivity index is 1.95. The Morgan fingerprint density at radius 1 is 0.939 bits per heavy atom. The van der Waals surface area contributed by atoms with Crippen molar-refractivity contribution in [3.8, 4) is 11.1 Å². The first-order chi connectivity index (χ1) is 15.7. The molecular formula is C25H23N5O3. The van der Waals surface area contributed by atoms with E-state index in [2.05, 4.69) is 10.1 Å². The molecular weight excluding hydrogens is 418 g/mol. The van der Waals surface area contributed by atoms with E-state index < -0.39 is 11.8 Å². The van der Waals surface area contributed by atoms with Gasteiger partial charge in [0.25, 0.3) is 5.91 Å². The second-order valence-electron chi connectivity index (χ2n) is 7.92. The molecule has 0 fully saturated rings. The Kier molecular flexibility index (Phi) is 5.51. The number of pyridine rings is 1. The molecule has 0 bridgehead atoms. The van der Waals surface area contributed by atoms with Crippen molar-refractivity contribution in [1.29, 1.82) is 0 Å². The van der Waals surface area contributed by atoms with Crippen LogP contribution in [0.15, 0.2) is 48.5 Å². The van der Waals surface area contributed by atoms with Gasteiger partial charge in [-0.2, -0.15) is 5.10 Å². The van der Waals surface area contributed by atoms with Crippen LogP contribution in [0.3, 0.4) is 0 Å². The zero-order valence-electron chi connectivity index (χ0n) is 18.5. The molecule has 4 aromatic rings. The van der Waals surface area contributed by atoms with Crippen molar-refractivity contribution in [3.63, 3.8) is 0 Å². The van der Waals surface area contributed by atoms with Crippen molar-refractivity contribution >= 4 is 28.5 Å². The highest BCUT2D eigenvalue weighted by molar-refractivity contribution is 6.15. The van der Waals surface area contributed by atoms with E-state index in [4.69, 9.17) is 11.5 Å². The molecule has 2 amide bonds. The molecule has 4 rings (SSSR count). The van der Waals surface area contributed by atoms with Crippen molar-refractivity contribution in [2.75, 3.05) is 0 Å². The summed E-state index contributed by atoms with van der Waals surface area (Å²) in [5.74, 6) is -1.48. The van der Waals surface area contributed by atoms with Crippen LogP contribution in [0, 0.1) is 13.8 Å². The third-order valence-electron chi connectivity index (χ3n) is 5.67. The first-order valence-corrected chi connectivity index (χ1v) is 10.4. The summed E-state index contributed by atoms with van der Waals surface area (Å²) < 4.78 is 1.76. The van der Waals surface area contributed by atoms with E-state index in [1.165, 1.54) is 6.92 Å². The number of carbonyl (C=O) groups is 3. The lowest BCUT2D eigenvalue weighted by molar-refractivity contribution is 0.0992. The van der Waals surface area contributed by atoms with Gasteiger partial charge in [-0.05, 0) is 38.5 Å². The van der Waals surface area contributed by atoms with E-state index in [-0.39, 0.29) is 22.6 Å². The van der Waals surface area contributed by atoms with E-state index in [0.717, 1.165) is 5.56 Å². The molecule has 33 heavy (non-hydrogen) atoms. The summed E-state index contributed by atoms with van der Waals surface area (Å²) in [6.45, 7) is 5.54. The van der Waals surface area contributed by atoms with Crippen LogP contribution in [0.5, 0.6) is 0 Å². The van der Waals surface area contributed by atoms with Gasteiger partial charge in [-0.3, -0.25) is 19.1 Å². The number of aromatic nitrogens is 3. The Morgan fingerprint density at radius 3 is 2.33 bits per heavy atom. The maximum atomic E-state index is 12.6. The van der Waals surface area contributed by atoms with Crippen LogP contribution in [0.25, 0.3) is 22.0 Å². The fourth-order valence-electron chi connectivity index (χ4n) is 4.16. The summed E-state index contributed by atoms with van der Waals surface area (Å²) in [6.07, 6.45) is 0. The summed E-state index contributed by atoms with van der Waals surface area (Å²) in [7, 11) is 0. The Hall–Kier alpha value is -4.33. The molecule has 0 radical (unpaired) electrons. The summed E-state index contributed by atoms with van der Waals surface area (Å²) in [4.78, 5) is 41.2. The molecule has 8 nitrogen and oxygen atoms in total. The molecule has 0 aliphatic rings. The third-order valence-corrected chi connectivity index (χ3v) is 5.67. The molecule has 166 valence electrons. The number of benzene rings is 2. The van der Waals surface area contributed by atoms with Crippen LogP contribution in [0.2, 0.25) is 0 Å². The number of primary amides is 2. The largest absolute Gasteiger partial charge is 0.366 e. The normalized spacial score (nSPS) is 11.0. The fourth-order valence-corrected chi connectivity index (χ4v) is 4.16. The molecule has 0 aliphatic heterocycles. The summed E-state index contributed by atoms with van der Waals surface area (Å²) in [6, 6.07) is 14.3. The van der Waals surface area contributed by atoms with Gasteiger partial charge in [0.05, 0.1) is 23.3 Å². The number of hydrogen-bond acceptors (Lipinski definition) is 5. The Bertz CT molecular complexity index is 1450. The van der Waals surface area contributed by atoms with Crippen LogP contribution < -0.4 is 11.5 Å². The van der Waals surface area contributed by atoms with Gasteiger partial charge in [-0.25, -0.2) is 4.98 Å². The summed E-state index contributed by atoms with van der Waals surface area (Å²) in [5, 5.41) is 5.17. The lowest BCUT2D eigenvalue weighted by Gasteiger charge is -2.15. The fraction of sp³-hybridized carbons (Fsp3) is 0.160. The average Bonchev–Trinajstić information content (AvgIpc) is 3.04. The molecule has 2 heterocycles. The molecule has 0 spiro atoms. The number of ketones is 1. The highest BCUT2D eigenvalue weighted by atomic mass is 16.1. The minimum Gasteiger partial charge on any atom is -0.366 e. The van der Waals surface area contributed by atoms with Crippen molar-refractivity contribution in [2.45, 2.75) is 27.3 Å². The first-order valence-electron chi connectivity index (χ1n) is 10.4. The van der Waals surface area contributed by atoms with Gasteiger partial charge in [0.1, 0.15) is 5.69 Å². The average molecular weight is 441 g/mol. The zero-order valence-corrected chi connectivity index (χ0v) is 18.5. The van der Waals surface area contributed by atoms with Gasteiger partial charge in [0.15, 0.2) is 5.78 Å². The van der Waals surface area contributed by atoms with Crippen molar-refractivity contribution in [2.24, 2.45) is 11.5 Å². The minimum absolute atomic E-state index is 0.0228. The van der Waals surface area contributed by atoms with E-state index in [9.17, 15) is 14.4 Å². The van der Waals surface area contributed by atoms with Crippen LogP contribution in [0.1, 0.15) is 55.1 Å². The molecule has 0 saturated carbocycles. The second-order valence-corrected chi connectivity index (χ2v) is 7.92. The van der Waals surface area contributed by atoms with Gasteiger partial charge in [0, 0.05) is 27.8 Å². The van der Waals surface area contributed by atoms with Crippen molar-refractivity contribution in [1.82, 2.24) is 14.8 Å². The van der Waals surface area contributed by atoms with E-state index in [1.54, 1.807) is 41.9 Å². The number of Topliss-reactive ketones (excluding diaryl/α,β-unsaturated/α-hetero) is 1. The van der Waals surface area contributed by atoms with E-state index in [0.29, 0.717) is 40.0 Å². The second kappa shape index (κ2) is 8.31. The van der Waals surface area contributed by atoms with Crippen LogP contribution in [-0.2, 0) is 6.54 Å². The third kappa shape index (κ3) is 3.87. The summed E-state index contributed by atoms with van der Waals surface area (Å²) >= 11 is 0. The predicted octanol–water partition coefficient (Wildman–Crippen LogP) is 3.16. The first kappa shape index (κ1) is 21.9. The minimum atomic E-state index is -0.765. The number of aryl methyl sites for hydroxylation is 1. The standard InChI is InChI=1S/C25H23N5O3/c1-13-20(14(2)30(29-13)12-16-7-6-8-17(11-16)15(3)31)22-21(24(26)32)18-9-4-5-10-19(18)28-23(22)25(27)33/h4-11H,12H2,1-3H3,(H2,26,32)(H2,27,33). The molecule has 4 N–H and O–H groups in total. The van der Waals surface area contributed by atoms with E-state index in [1.807, 2.05) is 25.1 Å². The molecule has 0 saturated heterocycles. The number of rotatable bonds is 6. The lowest BCUT2D eigenvalue weighted by Crippen LogP contribution is -2.21. The SMILES string of the molecule is CC(=O)c1cccc(Cn2nc(C)c(-c3c(C(N)=O)nc4ccccc4c3C(N)=O)c2C)c1. The Morgan fingerprint density at radius 2 is 1.67 bits per heavy atom. The van der Waals surface area contributed by atoms with Crippen molar-refractivity contribution < 1.29 is 14.4 Å². The van der Waals surface area contributed by atoms with Gasteiger partial charge in [0.2, 0.25) is 5.91 Å². The number of carbonyl (C=O) groups excluding carboxylic acids is 3. The number of nitrogens with zero attached hydrogens (tertiary/aromatic N) is 3. The molecule has 0 atom stereocenters. The number of fused-ring (bicyclic) bond motifs is 1.